The third kappa shape index (κ3) is 8.21. The van der Waals surface area contributed by atoms with Crippen LogP contribution in [0.4, 0.5) is 0 Å². The summed E-state index contributed by atoms with van der Waals surface area (Å²) >= 11 is 0. The number of hydrogen-bond acceptors (Lipinski definition) is 6. The summed E-state index contributed by atoms with van der Waals surface area (Å²) in [6.45, 7) is 1.47. The number of aliphatic hydroxyl groups is 1. The van der Waals surface area contributed by atoms with Crippen LogP contribution in [-0.4, -0.2) is 87.0 Å². The van der Waals surface area contributed by atoms with Crippen molar-refractivity contribution >= 4 is 21.8 Å². The molecule has 2 aromatic carbocycles. The lowest BCUT2D eigenvalue weighted by Crippen LogP contribution is -2.55. The van der Waals surface area contributed by atoms with Gasteiger partial charge in [-0.2, -0.15) is 4.31 Å². The van der Waals surface area contributed by atoms with Gasteiger partial charge >= 0.3 is 0 Å². The molecule has 0 aliphatic rings. The highest BCUT2D eigenvalue weighted by atomic mass is 32.2. The Hall–Kier alpha value is -2.79. The highest BCUT2D eigenvalue weighted by Gasteiger charge is 2.29. The van der Waals surface area contributed by atoms with Gasteiger partial charge in [-0.1, -0.05) is 48.5 Å². The molecule has 0 spiro atoms. The Labute approximate surface area is 201 Å². The number of carbonyl (C=O) groups is 2. The first kappa shape index (κ1) is 27.5. The van der Waals surface area contributed by atoms with Crippen LogP contribution in [0.15, 0.2) is 65.6 Å². The van der Waals surface area contributed by atoms with E-state index >= 15 is 0 Å². The van der Waals surface area contributed by atoms with E-state index in [4.69, 9.17) is 0 Å². The molecular weight excluding hydrogens is 456 g/mol. The van der Waals surface area contributed by atoms with Gasteiger partial charge in [-0.15, -0.1) is 0 Å². The van der Waals surface area contributed by atoms with Crippen molar-refractivity contribution in [3.05, 3.63) is 66.2 Å². The minimum absolute atomic E-state index is 0.116. The monoisotopic (exact) mass is 490 g/mol. The van der Waals surface area contributed by atoms with Gasteiger partial charge in [-0.25, -0.2) is 8.42 Å². The number of amides is 2. The van der Waals surface area contributed by atoms with Gasteiger partial charge in [-0.05, 0) is 45.1 Å². The number of nitrogens with one attached hydrogen (secondary N) is 2. The van der Waals surface area contributed by atoms with Crippen molar-refractivity contribution in [1.82, 2.24) is 19.8 Å². The number of rotatable bonds is 12. The first-order chi connectivity index (χ1) is 16.0. The number of nitrogens with zero attached hydrogens (tertiary/aromatic N) is 2. The van der Waals surface area contributed by atoms with Crippen molar-refractivity contribution in [1.29, 1.82) is 0 Å². The maximum Gasteiger partial charge on any atom is 0.242 e. The minimum atomic E-state index is -3.81. The van der Waals surface area contributed by atoms with Gasteiger partial charge < -0.3 is 20.6 Å². The summed E-state index contributed by atoms with van der Waals surface area (Å²) in [5, 5.41) is 16.4. The summed E-state index contributed by atoms with van der Waals surface area (Å²) in [5.74, 6) is -0.776. The quantitative estimate of drug-likeness (QED) is 0.398. The molecule has 3 unspecified atom stereocenters. The van der Waals surface area contributed by atoms with Crippen LogP contribution < -0.4 is 10.6 Å². The van der Waals surface area contributed by atoms with E-state index in [0.29, 0.717) is 0 Å². The lowest BCUT2D eigenvalue weighted by atomic mass is 10.0. The van der Waals surface area contributed by atoms with Crippen LogP contribution in [0.3, 0.4) is 0 Å². The van der Waals surface area contributed by atoms with Crippen molar-refractivity contribution in [3.8, 4) is 0 Å². The maximum absolute atomic E-state index is 12.9. The standard InChI is InChI=1S/C24H34N4O5S/c1-18(25-23(30)17-27(2)3)24(31)26-21(15-19-11-7-5-8-12-19)22(29)16-28(4)34(32,33)20-13-9-6-10-14-20/h5-14,18,21-22,29H,15-17H2,1-4H3,(H,25,30)(H,26,31). The number of aliphatic hydroxyl groups excluding tert-OH is 1. The number of sulfonamides is 1. The molecule has 34 heavy (non-hydrogen) atoms. The van der Waals surface area contributed by atoms with Gasteiger partial charge in [0.25, 0.3) is 0 Å². The fourth-order valence-electron chi connectivity index (χ4n) is 3.36. The van der Waals surface area contributed by atoms with Gasteiger partial charge in [0, 0.05) is 13.6 Å². The summed E-state index contributed by atoms with van der Waals surface area (Å²) in [6, 6.07) is 15.6. The fraction of sp³-hybridized carbons (Fsp3) is 0.417. The molecule has 0 aliphatic heterocycles. The van der Waals surface area contributed by atoms with Crippen molar-refractivity contribution in [2.45, 2.75) is 36.4 Å². The van der Waals surface area contributed by atoms with Crippen molar-refractivity contribution < 1.29 is 23.1 Å². The third-order valence-electron chi connectivity index (χ3n) is 5.22. The first-order valence-corrected chi connectivity index (χ1v) is 12.4. The molecule has 0 aliphatic carbocycles. The van der Waals surface area contributed by atoms with E-state index in [1.165, 1.54) is 19.2 Å². The second-order valence-electron chi connectivity index (χ2n) is 8.50. The van der Waals surface area contributed by atoms with E-state index in [2.05, 4.69) is 10.6 Å². The lowest BCUT2D eigenvalue weighted by Gasteiger charge is -2.29. The van der Waals surface area contributed by atoms with Gasteiger partial charge in [0.15, 0.2) is 0 Å². The van der Waals surface area contributed by atoms with Gasteiger partial charge in [-0.3, -0.25) is 9.59 Å². The van der Waals surface area contributed by atoms with Crippen LogP contribution in [0.25, 0.3) is 0 Å². The molecule has 9 nitrogen and oxygen atoms in total. The highest BCUT2D eigenvalue weighted by Crippen LogP contribution is 2.15. The summed E-state index contributed by atoms with van der Waals surface area (Å²) in [4.78, 5) is 26.6. The molecule has 0 bridgehead atoms. The van der Waals surface area contributed by atoms with E-state index in [9.17, 15) is 23.1 Å². The van der Waals surface area contributed by atoms with E-state index in [1.54, 1.807) is 44.1 Å². The topological polar surface area (TPSA) is 119 Å². The molecule has 10 heteroatoms. The molecule has 2 aromatic rings. The maximum atomic E-state index is 12.9. The SMILES string of the molecule is CC(NC(=O)CN(C)C)C(=O)NC(Cc1ccccc1)C(O)CN(C)S(=O)(=O)c1ccccc1. The first-order valence-electron chi connectivity index (χ1n) is 11.0. The Morgan fingerprint density at radius 1 is 0.941 bits per heavy atom. The predicted molar refractivity (Wildman–Crippen MR) is 130 cm³/mol. The second kappa shape index (κ2) is 12.6. The zero-order chi connectivity index (χ0) is 25.3. The van der Waals surface area contributed by atoms with Crippen molar-refractivity contribution in [2.24, 2.45) is 0 Å². The Morgan fingerprint density at radius 3 is 2.06 bits per heavy atom. The van der Waals surface area contributed by atoms with Gasteiger partial charge in [0.1, 0.15) is 6.04 Å². The van der Waals surface area contributed by atoms with E-state index in [0.717, 1.165) is 9.87 Å². The van der Waals surface area contributed by atoms with Gasteiger partial charge in [0.05, 0.1) is 23.6 Å². The molecule has 0 heterocycles. The smallest absolute Gasteiger partial charge is 0.242 e. The van der Waals surface area contributed by atoms with Crippen LogP contribution in [0, 0.1) is 0 Å². The summed E-state index contributed by atoms with van der Waals surface area (Å²) < 4.78 is 26.8. The molecule has 2 rings (SSSR count). The Kier molecular flexibility index (Phi) is 10.2. The van der Waals surface area contributed by atoms with Gasteiger partial charge in [0.2, 0.25) is 21.8 Å². The summed E-state index contributed by atoms with van der Waals surface area (Å²) in [6.07, 6.45) is -0.914. The van der Waals surface area contributed by atoms with Crippen LogP contribution >= 0.6 is 0 Å². The normalized spacial score (nSPS) is 14.4. The third-order valence-corrected chi connectivity index (χ3v) is 7.05. The molecule has 3 atom stereocenters. The molecule has 186 valence electrons. The molecule has 0 saturated heterocycles. The molecule has 3 N–H and O–H groups in total. The van der Waals surface area contributed by atoms with E-state index in [1.807, 2.05) is 30.3 Å². The minimum Gasteiger partial charge on any atom is -0.390 e. The molecule has 0 aromatic heterocycles. The number of likely N-dealkylation sites (N-methyl/N-ethyl adjacent to an activating group) is 2. The Morgan fingerprint density at radius 2 is 1.50 bits per heavy atom. The van der Waals surface area contributed by atoms with Crippen LogP contribution in [-0.2, 0) is 26.0 Å². The van der Waals surface area contributed by atoms with E-state index < -0.39 is 34.1 Å². The Balaban J connectivity index is 2.14. The van der Waals surface area contributed by atoms with E-state index in [-0.39, 0.29) is 30.3 Å². The molecule has 0 radical (unpaired) electrons. The average molecular weight is 491 g/mol. The predicted octanol–water partition coefficient (Wildman–Crippen LogP) is 0.462. The molecular formula is C24H34N4O5S. The zero-order valence-electron chi connectivity index (χ0n) is 20.0. The van der Waals surface area contributed by atoms with Crippen molar-refractivity contribution in [2.75, 3.05) is 34.2 Å². The second-order valence-corrected chi connectivity index (χ2v) is 10.5. The van der Waals surface area contributed by atoms with Crippen LogP contribution in [0.5, 0.6) is 0 Å². The number of hydrogen-bond donors (Lipinski definition) is 3. The lowest BCUT2D eigenvalue weighted by molar-refractivity contribution is -0.129. The molecule has 0 fully saturated rings. The highest BCUT2D eigenvalue weighted by molar-refractivity contribution is 7.89. The number of benzene rings is 2. The summed E-state index contributed by atoms with van der Waals surface area (Å²) in [5.41, 5.74) is 0.865. The average Bonchev–Trinajstić information content (AvgIpc) is 2.79. The Bertz CT molecular complexity index is 1030. The number of carbonyl (C=O) groups excluding carboxylic acids is 2. The molecule has 0 saturated carbocycles. The fourth-order valence-corrected chi connectivity index (χ4v) is 4.57. The van der Waals surface area contributed by atoms with Crippen molar-refractivity contribution in [3.63, 3.8) is 0 Å². The molecule has 2 amide bonds. The van der Waals surface area contributed by atoms with Crippen LogP contribution in [0.1, 0.15) is 12.5 Å². The largest absolute Gasteiger partial charge is 0.390 e. The summed E-state index contributed by atoms with van der Waals surface area (Å²) in [7, 11) is 1.07. The van der Waals surface area contributed by atoms with Crippen LogP contribution in [0.2, 0.25) is 0 Å². The zero-order valence-corrected chi connectivity index (χ0v) is 20.8.